The largest absolute Gasteiger partial charge is 0.383 e. The minimum absolute atomic E-state index is 0.0923. The molecule has 0 spiro atoms. The predicted octanol–water partition coefficient (Wildman–Crippen LogP) is 2.65. The summed E-state index contributed by atoms with van der Waals surface area (Å²) in [5, 5.41) is 4.57. The van der Waals surface area contributed by atoms with Crippen molar-refractivity contribution in [3.8, 4) is 0 Å². The van der Waals surface area contributed by atoms with E-state index in [1.807, 2.05) is 0 Å². The number of hydrogen-bond acceptors (Lipinski definition) is 6. The maximum absolute atomic E-state index is 5.28. The molecule has 0 bridgehead atoms. The second kappa shape index (κ2) is 8.68. The number of nitrogens with zero attached hydrogens (tertiary/aromatic N) is 2. The van der Waals surface area contributed by atoms with E-state index in [1.54, 1.807) is 25.6 Å². The van der Waals surface area contributed by atoms with E-state index < -0.39 is 0 Å². The van der Waals surface area contributed by atoms with Gasteiger partial charge in [0, 0.05) is 44.3 Å². The number of hydrogen-bond donors (Lipinski definition) is 1. The predicted molar refractivity (Wildman–Crippen MR) is 89.2 cm³/mol. The van der Waals surface area contributed by atoms with Gasteiger partial charge in [0.2, 0.25) is 0 Å². The van der Waals surface area contributed by atoms with E-state index in [9.17, 15) is 0 Å². The van der Waals surface area contributed by atoms with Crippen LogP contribution in [0.2, 0.25) is 0 Å². The van der Waals surface area contributed by atoms with Gasteiger partial charge in [-0.2, -0.15) is 0 Å². The van der Waals surface area contributed by atoms with Crippen molar-refractivity contribution >= 4 is 16.5 Å². The second-order valence-electron chi connectivity index (χ2n) is 5.98. The Morgan fingerprint density at radius 2 is 1.95 bits per heavy atom. The van der Waals surface area contributed by atoms with E-state index in [0.29, 0.717) is 13.2 Å². The number of aromatic nitrogens is 1. The molecule has 1 N–H and O–H groups in total. The van der Waals surface area contributed by atoms with Gasteiger partial charge in [-0.3, -0.25) is 0 Å². The number of likely N-dealkylation sites (N-methyl/N-ethyl adjacent to an activating group) is 1. The number of nitrogens with one attached hydrogen (secondary N) is 1. The molecule has 0 aliphatic carbocycles. The maximum Gasteiger partial charge on any atom is 0.185 e. The highest BCUT2D eigenvalue weighted by atomic mass is 32.1. The molecule has 0 saturated carbocycles. The molecule has 1 heterocycles. The molecule has 0 aromatic carbocycles. The normalized spacial score (nSPS) is 11.9. The first kappa shape index (κ1) is 18.4. The van der Waals surface area contributed by atoms with E-state index in [4.69, 9.17) is 14.5 Å². The van der Waals surface area contributed by atoms with Crippen molar-refractivity contribution in [2.24, 2.45) is 0 Å². The van der Waals surface area contributed by atoms with Gasteiger partial charge >= 0.3 is 0 Å². The monoisotopic (exact) mass is 315 g/mol. The smallest absolute Gasteiger partial charge is 0.185 e. The van der Waals surface area contributed by atoms with E-state index in [0.717, 1.165) is 30.5 Å². The van der Waals surface area contributed by atoms with Crippen molar-refractivity contribution in [3.05, 3.63) is 10.6 Å². The third kappa shape index (κ3) is 6.30. The van der Waals surface area contributed by atoms with Gasteiger partial charge in [0.1, 0.15) is 0 Å². The molecule has 0 atom stereocenters. The Hall–Kier alpha value is -0.690. The number of rotatable bonds is 9. The van der Waals surface area contributed by atoms with Gasteiger partial charge < -0.3 is 19.7 Å². The number of ether oxygens (including phenoxy) is 2. The van der Waals surface area contributed by atoms with E-state index in [-0.39, 0.29) is 5.54 Å². The lowest BCUT2D eigenvalue weighted by Crippen LogP contribution is -2.35. The van der Waals surface area contributed by atoms with Crippen molar-refractivity contribution in [1.82, 2.24) is 10.3 Å². The summed E-state index contributed by atoms with van der Waals surface area (Å²) in [6.45, 7) is 12.5. The standard InChI is InChI=1S/C15H29N3O2S/c1-7-18(8-9-19-5)14-17-12(11-20-6)13(21-14)10-16-15(2,3)4/h16H,7-11H2,1-6H3. The fourth-order valence-corrected chi connectivity index (χ4v) is 2.92. The van der Waals surface area contributed by atoms with Crippen LogP contribution in [0.1, 0.15) is 38.3 Å². The van der Waals surface area contributed by atoms with Crippen LogP contribution in [0.5, 0.6) is 0 Å². The van der Waals surface area contributed by atoms with Crippen LogP contribution in [0.3, 0.4) is 0 Å². The molecule has 0 radical (unpaired) electrons. The van der Waals surface area contributed by atoms with Crippen molar-refractivity contribution < 1.29 is 9.47 Å². The first-order valence-electron chi connectivity index (χ1n) is 7.37. The highest BCUT2D eigenvalue weighted by molar-refractivity contribution is 7.15. The van der Waals surface area contributed by atoms with Crippen LogP contribution in [-0.2, 0) is 22.6 Å². The zero-order valence-electron chi connectivity index (χ0n) is 14.2. The molecule has 122 valence electrons. The van der Waals surface area contributed by atoms with Crippen molar-refractivity contribution in [2.45, 2.75) is 46.4 Å². The molecule has 0 amide bonds. The topological polar surface area (TPSA) is 46.6 Å². The molecule has 0 aliphatic rings. The van der Waals surface area contributed by atoms with Crippen LogP contribution in [0.4, 0.5) is 5.13 Å². The molecule has 1 aromatic heterocycles. The Morgan fingerprint density at radius 1 is 1.24 bits per heavy atom. The Morgan fingerprint density at radius 3 is 2.48 bits per heavy atom. The first-order valence-corrected chi connectivity index (χ1v) is 8.19. The van der Waals surface area contributed by atoms with Crippen molar-refractivity contribution in [2.75, 3.05) is 38.8 Å². The van der Waals surface area contributed by atoms with Crippen LogP contribution in [0.25, 0.3) is 0 Å². The van der Waals surface area contributed by atoms with Gasteiger partial charge in [-0.1, -0.05) is 0 Å². The average Bonchev–Trinajstić information content (AvgIpc) is 2.80. The molecular weight excluding hydrogens is 286 g/mol. The Bertz CT molecular complexity index is 416. The van der Waals surface area contributed by atoms with Crippen LogP contribution in [0, 0.1) is 0 Å². The molecule has 0 aliphatic heterocycles. The van der Waals surface area contributed by atoms with Gasteiger partial charge in [0.05, 0.1) is 18.9 Å². The third-order valence-electron chi connectivity index (χ3n) is 3.04. The lowest BCUT2D eigenvalue weighted by Gasteiger charge is -2.20. The SMILES string of the molecule is CCN(CCOC)c1nc(COC)c(CNC(C)(C)C)s1. The lowest BCUT2D eigenvalue weighted by molar-refractivity contribution is 0.181. The Labute approximate surface area is 132 Å². The van der Waals surface area contributed by atoms with Gasteiger partial charge in [0.15, 0.2) is 5.13 Å². The second-order valence-corrected chi connectivity index (χ2v) is 7.04. The Kier molecular flexibility index (Phi) is 7.59. The summed E-state index contributed by atoms with van der Waals surface area (Å²) in [4.78, 5) is 8.24. The molecule has 6 heteroatoms. The molecule has 21 heavy (non-hydrogen) atoms. The van der Waals surface area contributed by atoms with Crippen LogP contribution >= 0.6 is 11.3 Å². The molecule has 0 fully saturated rings. The first-order chi connectivity index (χ1) is 9.91. The third-order valence-corrected chi connectivity index (χ3v) is 4.20. The Balaban J connectivity index is 2.86. The van der Waals surface area contributed by atoms with Gasteiger partial charge in [-0.25, -0.2) is 4.98 Å². The van der Waals surface area contributed by atoms with Gasteiger partial charge in [-0.15, -0.1) is 11.3 Å². The van der Waals surface area contributed by atoms with Gasteiger partial charge in [-0.05, 0) is 27.7 Å². The fourth-order valence-electron chi connectivity index (χ4n) is 1.83. The summed E-state index contributed by atoms with van der Waals surface area (Å²) in [6.07, 6.45) is 0. The molecule has 0 saturated heterocycles. The van der Waals surface area contributed by atoms with E-state index >= 15 is 0 Å². The highest BCUT2D eigenvalue weighted by Gasteiger charge is 2.17. The number of methoxy groups -OCH3 is 2. The zero-order chi connectivity index (χ0) is 15.9. The molecule has 0 unspecified atom stereocenters. The minimum atomic E-state index is 0.0923. The summed E-state index contributed by atoms with van der Waals surface area (Å²) in [7, 11) is 3.44. The van der Waals surface area contributed by atoms with Crippen LogP contribution in [-0.4, -0.2) is 44.4 Å². The van der Waals surface area contributed by atoms with Crippen LogP contribution in [0.15, 0.2) is 0 Å². The minimum Gasteiger partial charge on any atom is -0.383 e. The molecule has 1 rings (SSSR count). The summed E-state index contributed by atoms with van der Waals surface area (Å²) in [5.74, 6) is 0. The fraction of sp³-hybridized carbons (Fsp3) is 0.800. The van der Waals surface area contributed by atoms with Crippen molar-refractivity contribution in [1.29, 1.82) is 0 Å². The van der Waals surface area contributed by atoms with E-state index in [2.05, 4.69) is 37.9 Å². The lowest BCUT2D eigenvalue weighted by atomic mass is 10.1. The number of thiazole rings is 1. The van der Waals surface area contributed by atoms with Crippen LogP contribution < -0.4 is 10.2 Å². The summed E-state index contributed by atoms with van der Waals surface area (Å²) < 4.78 is 10.5. The highest BCUT2D eigenvalue weighted by Crippen LogP contribution is 2.27. The van der Waals surface area contributed by atoms with Gasteiger partial charge in [0.25, 0.3) is 0 Å². The summed E-state index contributed by atoms with van der Waals surface area (Å²) >= 11 is 1.74. The zero-order valence-corrected chi connectivity index (χ0v) is 15.0. The average molecular weight is 315 g/mol. The molecule has 5 nitrogen and oxygen atoms in total. The van der Waals surface area contributed by atoms with Crippen molar-refractivity contribution in [3.63, 3.8) is 0 Å². The summed E-state index contributed by atoms with van der Waals surface area (Å²) in [5.41, 5.74) is 1.12. The molecule has 1 aromatic rings. The number of anilines is 1. The summed E-state index contributed by atoms with van der Waals surface area (Å²) in [6, 6.07) is 0. The molecular formula is C15H29N3O2S. The van der Waals surface area contributed by atoms with E-state index in [1.165, 1.54) is 4.88 Å². The quantitative estimate of drug-likeness (QED) is 0.759. The maximum atomic E-state index is 5.28.